The molecule has 0 aliphatic carbocycles. The standard InChI is InChI=1S/C26H31F3N4O2/c1-17-8-10-21(11-9-17)18(2)32-25(35)22(23(30)26(27,28)29)24-31-12-13-33(24)16-20-6-3-5-19(15-20)7-4-14-34/h3,5-6,8-11,15,18,34H,4,7,12-14,16,30H2,1-2H3,(H,32,35). The zero-order chi connectivity index (χ0) is 25.6. The molecule has 1 unspecified atom stereocenters. The molecule has 0 saturated heterocycles. The van der Waals surface area contributed by atoms with Crippen LogP contribution in [0, 0.1) is 6.92 Å². The molecule has 1 aliphatic heterocycles. The monoisotopic (exact) mass is 488 g/mol. The van der Waals surface area contributed by atoms with E-state index in [4.69, 9.17) is 10.8 Å². The molecule has 3 rings (SSSR count). The lowest BCUT2D eigenvalue weighted by atomic mass is 10.0. The Morgan fingerprint density at radius 2 is 1.89 bits per heavy atom. The predicted octanol–water partition coefficient (Wildman–Crippen LogP) is 3.79. The number of amides is 1. The van der Waals surface area contributed by atoms with E-state index in [1.807, 2.05) is 55.5 Å². The van der Waals surface area contributed by atoms with Crippen molar-refractivity contribution in [3.8, 4) is 0 Å². The van der Waals surface area contributed by atoms with Crippen LogP contribution in [0.15, 0.2) is 64.8 Å². The van der Waals surface area contributed by atoms with Crippen molar-refractivity contribution in [1.82, 2.24) is 10.2 Å². The Morgan fingerprint density at radius 1 is 1.20 bits per heavy atom. The van der Waals surface area contributed by atoms with Crippen LogP contribution in [0.4, 0.5) is 13.2 Å². The highest BCUT2D eigenvalue weighted by molar-refractivity contribution is 6.21. The van der Waals surface area contributed by atoms with E-state index in [-0.39, 0.29) is 25.5 Å². The maximum atomic E-state index is 13.7. The van der Waals surface area contributed by atoms with Crippen LogP contribution in [0.25, 0.3) is 0 Å². The van der Waals surface area contributed by atoms with Gasteiger partial charge in [-0.25, -0.2) is 0 Å². The number of nitrogens with one attached hydrogen (secondary N) is 1. The SMILES string of the molecule is Cc1ccc(C(C)NC(=O)C(C2=NCCN2Cc2cccc(CCCO)c2)=C(N)C(F)(F)F)cc1. The molecule has 2 aromatic rings. The van der Waals surface area contributed by atoms with Crippen LogP contribution >= 0.6 is 0 Å². The number of rotatable bonds is 9. The van der Waals surface area contributed by atoms with Crippen molar-refractivity contribution in [2.45, 2.75) is 45.5 Å². The fourth-order valence-corrected chi connectivity index (χ4v) is 3.95. The lowest BCUT2D eigenvalue weighted by Crippen LogP contribution is -2.40. The Balaban J connectivity index is 1.86. The van der Waals surface area contributed by atoms with Crippen LogP contribution in [0.2, 0.25) is 0 Å². The summed E-state index contributed by atoms with van der Waals surface area (Å²) >= 11 is 0. The van der Waals surface area contributed by atoms with Crippen LogP contribution in [-0.4, -0.2) is 47.6 Å². The summed E-state index contributed by atoms with van der Waals surface area (Å²) in [5, 5.41) is 11.7. The first-order valence-corrected chi connectivity index (χ1v) is 11.5. The van der Waals surface area contributed by atoms with Gasteiger partial charge in [0.2, 0.25) is 0 Å². The quantitative estimate of drug-likeness (QED) is 0.469. The molecule has 2 aromatic carbocycles. The molecule has 0 fully saturated rings. The fraction of sp³-hybridized carbons (Fsp3) is 0.385. The van der Waals surface area contributed by atoms with Crippen molar-refractivity contribution in [2.24, 2.45) is 10.7 Å². The smallest absolute Gasteiger partial charge is 0.396 e. The number of aliphatic imine (C=N–C) groups is 1. The molecule has 1 heterocycles. The first kappa shape index (κ1) is 26.3. The molecule has 35 heavy (non-hydrogen) atoms. The van der Waals surface area contributed by atoms with E-state index in [9.17, 15) is 18.0 Å². The highest BCUT2D eigenvalue weighted by Crippen LogP contribution is 2.28. The number of amidine groups is 1. The Hall–Kier alpha value is -3.33. The van der Waals surface area contributed by atoms with Gasteiger partial charge in [0.05, 0.1) is 12.6 Å². The zero-order valence-electron chi connectivity index (χ0n) is 19.9. The fourth-order valence-electron chi connectivity index (χ4n) is 3.95. The number of allylic oxidation sites excluding steroid dienone is 1. The largest absolute Gasteiger partial charge is 0.431 e. The average Bonchev–Trinajstić information content (AvgIpc) is 3.25. The van der Waals surface area contributed by atoms with E-state index in [1.165, 1.54) is 0 Å². The normalized spacial score (nSPS) is 15.5. The third kappa shape index (κ3) is 6.85. The average molecular weight is 489 g/mol. The lowest BCUT2D eigenvalue weighted by molar-refractivity contribution is -0.119. The van der Waals surface area contributed by atoms with Crippen molar-refractivity contribution in [2.75, 3.05) is 19.7 Å². The number of benzene rings is 2. The van der Waals surface area contributed by atoms with Gasteiger partial charge >= 0.3 is 6.18 Å². The van der Waals surface area contributed by atoms with Gasteiger partial charge < -0.3 is 21.1 Å². The second-order valence-electron chi connectivity index (χ2n) is 8.67. The van der Waals surface area contributed by atoms with E-state index in [0.29, 0.717) is 19.4 Å². The molecule has 1 amide bonds. The Morgan fingerprint density at radius 3 is 2.54 bits per heavy atom. The third-order valence-electron chi connectivity index (χ3n) is 5.87. The second-order valence-corrected chi connectivity index (χ2v) is 8.67. The van der Waals surface area contributed by atoms with E-state index >= 15 is 0 Å². The van der Waals surface area contributed by atoms with Crippen molar-refractivity contribution in [1.29, 1.82) is 0 Å². The summed E-state index contributed by atoms with van der Waals surface area (Å²) in [6, 6.07) is 14.5. The van der Waals surface area contributed by atoms with Crippen molar-refractivity contribution < 1.29 is 23.1 Å². The minimum atomic E-state index is -4.89. The predicted molar refractivity (Wildman–Crippen MR) is 130 cm³/mol. The Kier molecular flexibility index (Phi) is 8.56. The molecule has 0 aromatic heterocycles. The summed E-state index contributed by atoms with van der Waals surface area (Å²) in [5.74, 6) is -0.982. The number of carbonyl (C=O) groups is 1. The highest BCUT2D eigenvalue weighted by atomic mass is 19.4. The van der Waals surface area contributed by atoms with Crippen LogP contribution in [0.3, 0.4) is 0 Å². The molecule has 1 aliphatic rings. The molecule has 6 nitrogen and oxygen atoms in total. The number of aliphatic hydroxyl groups excluding tert-OH is 1. The van der Waals surface area contributed by atoms with Gasteiger partial charge in [0.1, 0.15) is 17.1 Å². The topological polar surface area (TPSA) is 91.0 Å². The first-order chi connectivity index (χ1) is 16.6. The number of aliphatic hydroxyl groups is 1. The van der Waals surface area contributed by atoms with E-state index in [2.05, 4.69) is 10.3 Å². The third-order valence-corrected chi connectivity index (χ3v) is 5.87. The van der Waals surface area contributed by atoms with Gasteiger partial charge in [0.25, 0.3) is 5.91 Å². The van der Waals surface area contributed by atoms with Crippen LogP contribution < -0.4 is 11.1 Å². The molecular weight excluding hydrogens is 457 g/mol. The second kappa shape index (κ2) is 11.4. The number of hydrogen-bond acceptors (Lipinski definition) is 5. The summed E-state index contributed by atoms with van der Waals surface area (Å²) in [4.78, 5) is 19.1. The summed E-state index contributed by atoms with van der Waals surface area (Å²) in [7, 11) is 0. The number of carbonyl (C=O) groups excluding carboxylic acids is 1. The minimum Gasteiger partial charge on any atom is -0.396 e. The molecule has 1 atom stereocenters. The molecule has 4 N–H and O–H groups in total. The molecule has 0 bridgehead atoms. The van der Waals surface area contributed by atoms with E-state index in [0.717, 1.165) is 22.3 Å². The van der Waals surface area contributed by atoms with E-state index < -0.39 is 29.4 Å². The maximum Gasteiger partial charge on any atom is 0.431 e. The molecule has 188 valence electrons. The molecular formula is C26H31F3N4O2. The van der Waals surface area contributed by atoms with Gasteiger partial charge in [0, 0.05) is 19.7 Å². The number of alkyl halides is 3. The summed E-state index contributed by atoms with van der Waals surface area (Å²) in [6.07, 6.45) is -3.58. The van der Waals surface area contributed by atoms with Crippen molar-refractivity contribution in [3.63, 3.8) is 0 Å². The van der Waals surface area contributed by atoms with Crippen molar-refractivity contribution in [3.05, 3.63) is 82.1 Å². The van der Waals surface area contributed by atoms with Gasteiger partial charge in [0.15, 0.2) is 0 Å². The summed E-state index contributed by atoms with van der Waals surface area (Å²) in [6.45, 7) is 4.61. The number of aryl methyl sites for hydroxylation is 2. The molecule has 0 radical (unpaired) electrons. The molecule has 0 saturated carbocycles. The first-order valence-electron chi connectivity index (χ1n) is 11.5. The summed E-state index contributed by atoms with van der Waals surface area (Å²) < 4.78 is 41.1. The van der Waals surface area contributed by atoms with Gasteiger partial charge in [-0.2, -0.15) is 13.2 Å². The molecule has 9 heteroatoms. The lowest BCUT2D eigenvalue weighted by Gasteiger charge is -2.25. The van der Waals surface area contributed by atoms with Crippen LogP contribution in [0.1, 0.15) is 41.6 Å². The van der Waals surface area contributed by atoms with Gasteiger partial charge in [-0.3, -0.25) is 9.79 Å². The van der Waals surface area contributed by atoms with Gasteiger partial charge in [-0.1, -0.05) is 54.1 Å². The Labute approximate surface area is 203 Å². The molecule has 0 spiro atoms. The van der Waals surface area contributed by atoms with Crippen molar-refractivity contribution >= 4 is 11.7 Å². The number of nitrogens with zero attached hydrogens (tertiary/aromatic N) is 2. The number of nitrogens with two attached hydrogens (primary N) is 1. The number of halogens is 3. The zero-order valence-corrected chi connectivity index (χ0v) is 19.9. The van der Waals surface area contributed by atoms with Gasteiger partial charge in [-0.15, -0.1) is 0 Å². The van der Waals surface area contributed by atoms with Crippen LogP contribution in [-0.2, 0) is 17.8 Å². The minimum absolute atomic E-state index is 0.0609. The highest BCUT2D eigenvalue weighted by Gasteiger charge is 2.40. The summed E-state index contributed by atoms with van der Waals surface area (Å²) in [5.41, 5.74) is 7.06. The van der Waals surface area contributed by atoms with Crippen LogP contribution in [0.5, 0.6) is 0 Å². The van der Waals surface area contributed by atoms with Gasteiger partial charge in [-0.05, 0) is 43.4 Å². The Bertz CT molecular complexity index is 1090. The number of hydrogen-bond donors (Lipinski definition) is 3. The maximum absolute atomic E-state index is 13.7. The van der Waals surface area contributed by atoms with E-state index in [1.54, 1.807) is 11.8 Å².